The van der Waals surface area contributed by atoms with E-state index in [0.717, 1.165) is 6.20 Å². The minimum atomic E-state index is -4.56. The molecule has 2 aromatic rings. The number of benzene rings is 1. The summed E-state index contributed by atoms with van der Waals surface area (Å²) < 4.78 is 37.2. The maximum Gasteiger partial charge on any atom is 0.443 e. The van der Waals surface area contributed by atoms with Gasteiger partial charge in [0.2, 0.25) is 5.78 Å². The van der Waals surface area contributed by atoms with E-state index >= 15 is 0 Å². The molecule has 0 aliphatic rings. The fourth-order valence-electron chi connectivity index (χ4n) is 1.34. The smallest absolute Gasteiger partial charge is 0.288 e. The molecule has 0 fully saturated rings. The van der Waals surface area contributed by atoms with Crippen LogP contribution < -0.4 is 0 Å². The lowest BCUT2D eigenvalue weighted by Crippen LogP contribution is -2.03. The molecule has 0 saturated heterocycles. The summed E-state index contributed by atoms with van der Waals surface area (Å²) in [6.07, 6.45) is -3.67. The first-order valence-electron chi connectivity index (χ1n) is 4.81. The molecule has 19 heavy (non-hydrogen) atoms. The van der Waals surface area contributed by atoms with E-state index in [1.807, 2.05) is 0 Å². The van der Waals surface area contributed by atoms with Crippen molar-refractivity contribution < 1.29 is 18.0 Å². The van der Waals surface area contributed by atoms with E-state index in [-0.39, 0.29) is 31.8 Å². The predicted molar refractivity (Wildman–Crippen MR) is 67.0 cm³/mol. The van der Waals surface area contributed by atoms with Crippen LogP contribution in [0.3, 0.4) is 0 Å². The van der Waals surface area contributed by atoms with Crippen LogP contribution in [-0.2, 0) is 6.18 Å². The van der Waals surface area contributed by atoms with Gasteiger partial charge in [-0.1, -0.05) is 23.2 Å². The quantitative estimate of drug-likeness (QED) is 0.749. The summed E-state index contributed by atoms with van der Waals surface area (Å²) in [7, 11) is 0. The first kappa shape index (κ1) is 14.3. The van der Waals surface area contributed by atoms with Crippen molar-refractivity contribution >= 4 is 40.3 Å². The van der Waals surface area contributed by atoms with Gasteiger partial charge in [0, 0.05) is 21.8 Å². The summed E-state index contributed by atoms with van der Waals surface area (Å²) in [6.45, 7) is 0. The molecule has 0 radical (unpaired) electrons. The molecule has 0 spiro atoms. The third-order valence-corrected chi connectivity index (χ3v) is 3.57. The van der Waals surface area contributed by atoms with E-state index in [4.69, 9.17) is 23.2 Å². The fraction of sp³-hybridized carbons (Fsp3) is 0.0909. The Kier molecular flexibility index (Phi) is 3.85. The summed E-state index contributed by atoms with van der Waals surface area (Å²) in [5.41, 5.74) is 0.120. The number of alkyl halides is 3. The van der Waals surface area contributed by atoms with E-state index in [1.54, 1.807) is 0 Å². The summed E-state index contributed by atoms with van der Waals surface area (Å²) in [5.74, 6) is -0.600. The number of carbonyl (C=O) groups excluding carboxylic acids is 1. The number of ketones is 1. The summed E-state index contributed by atoms with van der Waals surface area (Å²) >= 11 is 11.7. The third kappa shape index (κ3) is 3.26. The molecule has 1 heterocycles. The highest BCUT2D eigenvalue weighted by Gasteiger charge is 2.35. The summed E-state index contributed by atoms with van der Waals surface area (Å²) in [5, 5.41) is -0.600. The molecule has 2 rings (SSSR count). The minimum Gasteiger partial charge on any atom is -0.288 e. The number of thiazole rings is 1. The Morgan fingerprint density at radius 1 is 1.16 bits per heavy atom. The number of nitrogens with zero attached hydrogens (tertiary/aromatic N) is 1. The Bertz CT molecular complexity index is 619. The molecule has 0 bridgehead atoms. The van der Waals surface area contributed by atoms with Gasteiger partial charge in [-0.3, -0.25) is 4.79 Å². The molecule has 100 valence electrons. The van der Waals surface area contributed by atoms with Crippen molar-refractivity contribution in [2.45, 2.75) is 6.18 Å². The number of carbonyl (C=O) groups is 1. The number of aromatic nitrogens is 1. The standard InChI is InChI=1S/C11H4Cl2F3NOS/c12-6-1-5(2-7(13)3-6)9(18)8-4-17-10(19-8)11(14,15)16/h1-4H. The van der Waals surface area contributed by atoms with Gasteiger partial charge in [0.1, 0.15) is 0 Å². The Balaban J connectivity index is 2.36. The monoisotopic (exact) mass is 325 g/mol. The Morgan fingerprint density at radius 3 is 2.21 bits per heavy atom. The third-order valence-electron chi connectivity index (χ3n) is 2.10. The number of rotatable bonds is 2. The van der Waals surface area contributed by atoms with Crippen molar-refractivity contribution in [1.82, 2.24) is 4.98 Å². The molecule has 0 aliphatic carbocycles. The molecule has 0 atom stereocenters. The van der Waals surface area contributed by atoms with Crippen LogP contribution in [0.4, 0.5) is 13.2 Å². The van der Waals surface area contributed by atoms with Crippen LogP contribution in [0.5, 0.6) is 0 Å². The second kappa shape index (κ2) is 5.11. The van der Waals surface area contributed by atoms with Crippen LogP contribution in [0.1, 0.15) is 20.2 Å². The van der Waals surface area contributed by atoms with E-state index < -0.39 is 17.0 Å². The van der Waals surface area contributed by atoms with Crippen LogP contribution >= 0.6 is 34.5 Å². The summed E-state index contributed by atoms with van der Waals surface area (Å²) in [6, 6.07) is 4.10. The summed E-state index contributed by atoms with van der Waals surface area (Å²) in [4.78, 5) is 15.0. The molecule has 0 N–H and O–H groups in total. The maximum atomic E-state index is 12.4. The lowest BCUT2D eigenvalue weighted by atomic mass is 10.1. The number of hydrogen-bond donors (Lipinski definition) is 0. The van der Waals surface area contributed by atoms with Gasteiger partial charge < -0.3 is 0 Å². The zero-order valence-electron chi connectivity index (χ0n) is 8.96. The second-order valence-corrected chi connectivity index (χ2v) is 5.42. The van der Waals surface area contributed by atoms with Gasteiger partial charge in [-0.25, -0.2) is 4.98 Å². The molecule has 0 saturated carbocycles. The Morgan fingerprint density at radius 2 is 1.74 bits per heavy atom. The lowest BCUT2D eigenvalue weighted by Gasteiger charge is -2.01. The average Bonchev–Trinajstić information content (AvgIpc) is 2.75. The van der Waals surface area contributed by atoms with Crippen molar-refractivity contribution in [2.75, 3.05) is 0 Å². The van der Waals surface area contributed by atoms with Crippen LogP contribution in [0.15, 0.2) is 24.4 Å². The van der Waals surface area contributed by atoms with Crippen molar-refractivity contribution in [3.8, 4) is 0 Å². The number of hydrogen-bond acceptors (Lipinski definition) is 3. The molecular weight excluding hydrogens is 322 g/mol. The van der Waals surface area contributed by atoms with Crippen LogP contribution in [-0.4, -0.2) is 10.8 Å². The van der Waals surface area contributed by atoms with E-state index in [9.17, 15) is 18.0 Å². The maximum absolute atomic E-state index is 12.4. The molecular formula is C11H4Cl2F3NOS. The highest BCUT2D eigenvalue weighted by atomic mass is 35.5. The van der Waals surface area contributed by atoms with E-state index in [2.05, 4.69) is 4.98 Å². The zero-order valence-corrected chi connectivity index (χ0v) is 11.3. The zero-order chi connectivity index (χ0) is 14.2. The molecule has 1 aromatic heterocycles. The van der Waals surface area contributed by atoms with Gasteiger partial charge in [-0.05, 0) is 18.2 Å². The predicted octanol–water partition coefficient (Wildman–Crippen LogP) is 4.70. The SMILES string of the molecule is O=C(c1cc(Cl)cc(Cl)c1)c1cnc(C(F)(F)F)s1. The van der Waals surface area contributed by atoms with Crippen molar-refractivity contribution in [1.29, 1.82) is 0 Å². The largest absolute Gasteiger partial charge is 0.443 e. The fourth-order valence-corrected chi connectivity index (χ4v) is 2.61. The van der Waals surface area contributed by atoms with Crippen LogP contribution in [0, 0.1) is 0 Å². The van der Waals surface area contributed by atoms with Gasteiger partial charge in [-0.2, -0.15) is 13.2 Å². The molecule has 0 unspecified atom stereocenters. The first-order valence-corrected chi connectivity index (χ1v) is 6.38. The second-order valence-electron chi connectivity index (χ2n) is 3.51. The topological polar surface area (TPSA) is 30.0 Å². The van der Waals surface area contributed by atoms with Gasteiger partial charge in [0.05, 0.1) is 4.88 Å². The highest BCUT2D eigenvalue weighted by Crippen LogP contribution is 2.33. The Labute approximate surface area is 119 Å². The van der Waals surface area contributed by atoms with Gasteiger partial charge >= 0.3 is 6.18 Å². The first-order chi connectivity index (χ1) is 8.77. The molecule has 0 aliphatic heterocycles. The van der Waals surface area contributed by atoms with Crippen molar-refractivity contribution in [3.63, 3.8) is 0 Å². The molecule has 1 aromatic carbocycles. The number of halogens is 5. The van der Waals surface area contributed by atoms with Crippen molar-refractivity contribution in [3.05, 3.63) is 49.9 Å². The van der Waals surface area contributed by atoms with Crippen molar-refractivity contribution in [2.24, 2.45) is 0 Å². The normalized spacial score (nSPS) is 11.6. The van der Waals surface area contributed by atoms with Gasteiger partial charge in [-0.15, -0.1) is 11.3 Å². The van der Waals surface area contributed by atoms with Gasteiger partial charge in [0.25, 0.3) is 0 Å². The molecule has 2 nitrogen and oxygen atoms in total. The van der Waals surface area contributed by atoms with E-state index in [0.29, 0.717) is 0 Å². The molecule has 0 amide bonds. The van der Waals surface area contributed by atoms with Gasteiger partial charge in [0.15, 0.2) is 5.01 Å². The van der Waals surface area contributed by atoms with Crippen LogP contribution in [0.2, 0.25) is 10.0 Å². The Hall–Kier alpha value is -1.11. The lowest BCUT2D eigenvalue weighted by molar-refractivity contribution is -0.137. The van der Waals surface area contributed by atoms with E-state index in [1.165, 1.54) is 18.2 Å². The van der Waals surface area contributed by atoms with Crippen LogP contribution in [0.25, 0.3) is 0 Å². The average molecular weight is 326 g/mol. The highest BCUT2D eigenvalue weighted by molar-refractivity contribution is 7.14. The minimum absolute atomic E-state index is 0.120. The molecule has 8 heteroatoms.